The van der Waals surface area contributed by atoms with Gasteiger partial charge in [-0.25, -0.2) is 10.1 Å². The number of carboxylic acids is 1. The molecule has 0 aromatic rings. The van der Waals surface area contributed by atoms with E-state index in [4.69, 9.17) is 9.84 Å². The highest BCUT2D eigenvalue weighted by Crippen LogP contribution is 1.88. The molecule has 0 radical (unpaired) electrons. The summed E-state index contributed by atoms with van der Waals surface area (Å²) >= 11 is 0. The molecular weight excluding hydrogens is 198 g/mol. The van der Waals surface area contributed by atoms with Crippen LogP contribution >= 0.6 is 0 Å². The fourth-order valence-electron chi connectivity index (χ4n) is 0.672. The lowest BCUT2D eigenvalue weighted by atomic mass is 10.3. The third kappa shape index (κ3) is 10.2. The molecule has 0 aromatic heterocycles. The van der Waals surface area contributed by atoms with Gasteiger partial charge in [-0.2, -0.15) is 0 Å². The maximum absolute atomic E-state index is 10.9. The van der Waals surface area contributed by atoms with Crippen LogP contribution in [0.1, 0.15) is 32.6 Å². The van der Waals surface area contributed by atoms with Crippen molar-refractivity contribution in [3.63, 3.8) is 0 Å². The third-order valence-corrected chi connectivity index (χ3v) is 1.45. The molecule has 0 fully saturated rings. The number of carbonyl (C=O) groups excluding carboxylic acids is 1. The van der Waals surface area contributed by atoms with Crippen molar-refractivity contribution in [1.82, 2.24) is 5.32 Å². The van der Waals surface area contributed by atoms with Crippen LogP contribution in [-0.2, 0) is 9.53 Å². The van der Waals surface area contributed by atoms with Gasteiger partial charge in [0.15, 0.2) is 0 Å². The van der Waals surface area contributed by atoms with Gasteiger partial charge in [-0.1, -0.05) is 19.3 Å². The van der Waals surface area contributed by atoms with Crippen molar-refractivity contribution in [2.75, 3.05) is 6.61 Å². The normalized spacial score (nSPS) is 8.60. The Bertz CT molecular complexity index is 264. The first-order valence-corrected chi connectivity index (χ1v) is 4.79. The lowest BCUT2D eigenvalue weighted by Crippen LogP contribution is -2.19. The van der Waals surface area contributed by atoms with Crippen LogP contribution in [0.4, 0.5) is 4.79 Å². The number of ether oxygens (including phenoxy) is 1. The molecule has 0 aromatic carbocycles. The first-order valence-electron chi connectivity index (χ1n) is 4.79. The average Bonchev–Trinajstić information content (AvgIpc) is 2.17. The van der Waals surface area contributed by atoms with E-state index in [-0.39, 0.29) is 12.8 Å². The summed E-state index contributed by atoms with van der Waals surface area (Å²) in [5.41, 5.74) is 0. The minimum absolute atomic E-state index is 0.0282. The zero-order valence-electron chi connectivity index (χ0n) is 8.71. The average molecular weight is 213 g/mol. The molecule has 0 heterocycles. The molecule has 0 aliphatic heterocycles. The van der Waals surface area contributed by atoms with E-state index in [0.29, 0.717) is 6.61 Å². The zero-order valence-corrected chi connectivity index (χ0v) is 8.71. The number of hydrogen-bond donors (Lipinski definition) is 2. The Morgan fingerprint density at radius 1 is 1.47 bits per heavy atom. The number of alkyl carbamates (subject to hydrolysis) is 1. The quantitative estimate of drug-likeness (QED) is 0.410. The van der Waals surface area contributed by atoms with Gasteiger partial charge in [0.2, 0.25) is 0 Å². The van der Waals surface area contributed by atoms with Gasteiger partial charge in [-0.05, 0) is 6.42 Å². The fraction of sp³-hybridized carbons (Fsp3) is 0.600. The molecule has 2 N–H and O–H groups in total. The van der Waals surface area contributed by atoms with Crippen LogP contribution in [0, 0.1) is 12.0 Å². The van der Waals surface area contributed by atoms with Crippen LogP contribution in [0.5, 0.6) is 0 Å². The summed E-state index contributed by atoms with van der Waals surface area (Å²) in [6.07, 6.45) is 1.37. The summed E-state index contributed by atoms with van der Waals surface area (Å²) < 4.78 is 4.74. The van der Waals surface area contributed by atoms with Gasteiger partial charge in [0.1, 0.15) is 0 Å². The molecule has 0 aliphatic rings. The van der Waals surface area contributed by atoms with Gasteiger partial charge < -0.3 is 9.84 Å². The van der Waals surface area contributed by atoms with Gasteiger partial charge in [-0.15, -0.1) is 0 Å². The summed E-state index contributed by atoms with van der Waals surface area (Å²) in [4.78, 5) is 21.0. The molecule has 84 valence electrons. The summed E-state index contributed by atoms with van der Waals surface area (Å²) in [6.45, 7) is 2.37. The van der Waals surface area contributed by atoms with Crippen LogP contribution < -0.4 is 5.32 Å². The summed E-state index contributed by atoms with van der Waals surface area (Å²) in [5, 5.41) is 10.5. The molecule has 0 unspecified atom stereocenters. The molecule has 0 saturated carbocycles. The van der Waals surface area contributed by atoms with E-state index in [1.54, 1.807) is 0 Å². The highest BCUT2D eigenvalue weighted by atomic mass is 16.5. The van der Waals surface area contributed by atoms with Crippen LogP contribution in [0.3, 0.4) is 0 Å². The van der Waals surface area contributed by atoms with Gasteiger partial charge in [0.25, 0.3) is 0 Å². The summed E-state index contributed by atoms with van der Waals surface area (Å²) in [6, 6.07) is 2.33. The van der Waals surface area contributed by atoms with E-state index in [1.165, 1.54) is 0 Å². The standard InChI is InChI=1S/C10H15NO4/c1-2-3-8-15-10(14)11-7-5-4-6-9(12)13/h2-4,6,8H2,1H3,(H,11,14)(H,12,13). The van der Waals surface area contributed by atoms with E-state index >= 15 is 0 Å². The summed E-state index contributed by atoms with van der Waals surface area (Å²) in [5.74, 6) is 1.59. The van der Waals surface area contributed by atoms with E-state index in [0.717, 1.165) is 12.8 Å². The Labute approximate surface area is 88.8 Å². The predicted octanol–water partition coefficient (Wildman–Crippen LogP) is 1.34. The van der Waals surface area contributed by atoms with Crippen molar-refractivity contribution in [3.8, 4) is 12.0 Å². The number of hydrogen-bond acceptors (Lipinski definition) is 3. The maximum Gasteiger partial charge on any atom is 0.418 e. The number of rotatable bonds is 5. The minimum Gasteiger partial charge on any atom is -0.481 e. The van der Waals surface area contributed by atoms with E-state index in [2.05, 4.69) is 17.3 Å². The maximum atomic E-state index is 10.9. The Hall–Kier alpha value is -1.70. The van der Waals surface area contributed by atoms with Crippen molar-refractivity contribution in [2.24, 2.45) is 0 Å². The van der Waals surface area contributed by atoms with Crippen molar-refractivity contribution < 1.29 is 19.4 Å². The molecule has 0 spiro atoms. The highest BCUT2D eigenvalue weighted by Gasteiger charge is 1.96. The van der Waals surface area contributed by atoms with Gasteiger partial charge in [-0.3, -0.25) is 4.79 Å². The Morgan fingerprint density at radius 3 is 2.80 bits per heavy atom. The molecule has 0 aliphatic carbocycles. The van der Waals surface area contributed by atoms with Crippen molar-refractivity contribution in [1.29, 1.82) is 0 Å². The third-order valence-electron chi connectivity index (χ3n) is 1.45. The van der Waals surface area contributed by atoms with E-state index in [1.807, 2.05) is 6.92 Å². The van der Waals surface area contributed by atoms with E-state index in [9.17, 15) is 9.59 Å². The number of aliphatic carboxylic acids is 1. The molecule has 5 nitrogen and oxygen atoms in total. The van der Waals surface area contributed by atoms with Crippen LogP contribution in [-0.4, -0.2) is 23.8 Å². The van der Waals surface area contributed by atoms with Gasteiger partial charge >= 0.3 is 12.1 Å². The second-order valence-electron chi connectivity index (χ2n) is 2.81. The molecule has 0 atom stereocenters. The molecular formula is C10H15NO4. The topological polar surface area (TPSA) is 75.6 Å². The van der Waals surface area contributed by atoms with Gasteiger partial charge in [0, 0.05) is 12.5 Å². The van der Waals surface area contributed by atoms with Crippen molar-refractivity contribution in [2.45, 2.75) is 32.6 Å². The van der Waals surface area contributed by atoms with Crippen LogP contribution in [0.15, 0.2) is 0 Å². The first-order chi connectivity index (χ1) is 7.16. The van der Waals surface area contributed by atoms with E-state index < -0.39 is 12.1 Å². The predicted molar refractivity (Wildman–Crippen MR) is 54.0 cm³/mol. The Balaban J connectivity index is 3.47. The number of carboxylic acid groups (broad SMARTS) is 1. The number of carbonyl (C=O) groups is 2. The minimum atomic E-state index is -0.908. The zero-order chi connectivity index (χ0) is 11.5. The SMILES string of the molecule is CCCCOC(=O)NC#CCCC(=O)O. The second kappa shape index (κ2) is 8.88. The number of unbranched alkanes of at least 4 members (excludes halogenated alkanes) is 1. The first kappa shape index (κ1) is 13.3. The largest absolute Gasteiger partial charge is 0.481 e. The molecule has 0 saturated heterocycles. The molecule has 15 heavy (non-hydrogen) atoms. The Kier molecular flexibility index (Phi) is 7.87. The van der Waals surface area contributed by atoms with Gasteiger partial charge in [0.05, 0.1) is 13.0 Å². The number of amides is 1. The monoisotopic (exact) mass is 213 g/mol. The summed E-state index contributed by atoms with van der Waals surface area (Å²) in [7, 11) is 0. The lowest BCUT2D eigenvalue weighted by Gasteiger charge is -2.00. The smallest absolute Gasteiger partial charge is 0.418 e. The molecule has 5 heteroatoms. The molecule has 0 bridgehead atoms. The lowest BCUT2D eigenvalue weighted by molar-refractivity contribution is -0.136. The molecule has 1 amide bonds. The second-order valence-corrected chi connectivity index (χ2v) is 2.81. The number of nitrogens with one attached hydrogen (secondary N) is 1. The van der Waals surface area contributed by atoms with Crippen molar-refractivity contribution in [3.05, 3.63) is 0 Å². The van der Waals surface area contributed by atoms with Crippen molar-refractivity contribution >= 4 is 12.1 Å². The fourth-order valence-corrected chi connectivity index (χ4v) is 0.672. The van der Waals surface area contributed by atoms with Crippen LogP contribution in [0.25, 0.3) is 0 Å². The molecule has 0 rings (SSSR count). The highest BCUT2D eigenvalue weighted by molar-refractivity contribution is 5.69. The van der Waals surface area contributed by atoms with Crippen LogP contribution in [0.2, 0.25) is 0 Å². The Morgan fingerprint density at radius 2 is 2.20 bits per heavy atom.